The Balaban J connectivity index is 2.17. The van der Waals surface area contributed by atoms with E-state index in [0.717, 1.165) is 35.2 Å². The molecule has 2 aromatic rings. The molecule has 6 nitrogen and oxygen atoms in total. The summed E-state index contributed by atoms with van der Waals surface area (Å²) >= 11 is 0. The molecule has 0 fully saturated rings. The van der Waals surface area contributed by atoms with Crippen molar-refractivity contribution in [1.29, 1.82) is 0 Å². The van der Waals surface area contributed by atoms with E-state index in [0.29, 0.717) is 6.61 Å². The Morgan fingerprint density at radius 3 is 2.75 bits per heavy atom. The average molecular weight is 278 g/mol. The summed E-state index contributed by atoms with van der Waals surface area (Å²) in [7, 11) is 1.70. The van der Waals surface area contributed by atoms with Crippen molar-refractivity contribution in [2.45, 2.75) is 40.3 Å². The number of hydrogen-bond donors (Lipinski definition) is 1. The van der Waals surface area contributed by atoms with Gasteiger partial charge in [-0.2, -0.15) is 0 Å². The van der Waals surface area contributed by atoms with Crippen molar-refractivity contribution >= 4 is 5.95 Å². The Kier molecular flexibility index (Phi) is 4.44. The van der Waals surface area contributed by atoms with E-state index in [1.165, 1.54) is 0 Å². The van der Waals surface area contributed by atoms with Crippen molar-refractivity contribution in [3.63, 3.8) is 0 Å². The van der Waals surface area contributed by atoms with Gasteiger partial charge in [0, 0.05) is 25.4 Å². The summed E-state index contributed by atoms with van der Waals surface area (Å²) in [6.45, 7) is 9.37. The van der Waals surface area contributed by atoms with E-state index < -0.39 is 0 Å². The van der Waals surface area contributed by atoms with Crippen LogP contribution in [0.3, 0.4) is 0 Å². The Bertz CT molecular complexity index is 554. The summed E-state index contributed by atoms with van der Waals surface area (Å²) in [6, 6.07) is 0.0874. The van der Waals surface area contributed by atoms with E-state index in [2.05, 4.69) is 26.9 Å². The van der Waals surface area contributed by atoms with Gasteiger partial charge in [-0.3, -0.25) is 0 Å². The zero-order valence-electron chi connectivity index (χ0n) is 12.7. The number of ether oxygens (including phenoxy) is 1. The first-order valence-electron chi connectivity index (χ1n) is 6.75. The smallest absolute Gasteiger partial charge is 0.203 e. The van der Waals surface area contributed by atoms with Crippen LogP contribution in [0.4, 0.5) is 5.95 Å². The van der Waals surface area contributed by atoms with E-state index in [-0.39, 0.29) is 6.04 Å². The minimum Gasteiger partial charge on any atom is -0.383 e. The largest absolute Gasteiger partial charge is 0.383 e. The van der Waals surface area contributed by atoms with Gasteiger partial charge in [0.1, 0.15) is 5.76 Å². The topological polar surface area (TPSA) is 65.1 Å². The number of rotatable bonds is 6. The van der Waals surface area contributed by atoms with Gasteiger partial charge in [-0.05, 0) is 27.7 Å². The molecule has 2 heterocycles. The van der Waals surface area contributed by atoms with Crippen molar-refractivity contribution < 1.29 is 9.26 Å². The van der Waals surface area contributed by atoms with Gasteiger partial charge in [0.25, 0.3) is 0 Å². The zero-order chi connectivity index (χ0) is 14.7. The maximum atomic E-state index is 5.22. The normalized spacial score (nSPS) is 12.7. The summed E-state index contributed by atoms with van der Waals surface area (Å²) in [5.41, 5.74) is 2.98. The second-order valence-electron chi connectivity index (χ2n) is 5.00. The van der Waals surface area contributed by atoms with E-state index >= 15 is 0 Å². The fourth-order valence-electron chi connectivity index (χ4n) is 2.40. The van der Waals surface area contributed by atoms with Gasteiger partial charge < -0.3 is 19.1 Å². The number of imidazole rings is 1. The fraction of sp³-hybridized carbons (Fsp3) is 0.571. The van der Waals surface area contributed by atoms with E-state index in [1.807, 2.05) is 27.0 Å². The molecule has 0 spiro atoms. The minimum atomic E-state index is 0.0874. The van der Waals surface area contributed by atoms with Crippen LogP contribution >= 0.6 is 0 Å². The summed E-state index contributed by atoms with van der Waals surface area (Å²) in [5, 5.41) is 7.41. The number of nitrogens with zero attached hydrogens (tertiary/aromatic N) is 3. The Hall–Kier alpha value is -1.82. The third-order valence-corrected chi connectivity index (χ3v) is 3.30. The van der Waals surface area contributed by atoms with Crippen LogP contribution in [-0.4, -0.2) is 28.4 Å². The minimum absolute atomic E-state index is 0.0874. The van der Waals surface area contributed by atoms with Crippen LogP contribution in [0.25, 0.3) is 0 Å². The monoisotopic (exact) mass is 278 g/mol. The standard InChI is InChI=1S/C14H22N4O2/c1-9-8-18(6-7-19-5)14(15-9)16-10(2)13-11(3)17-20-12(13)4/h8,10H,6-7H2,1-5H3,(H,15,16). The molecule has 0 radical (unpaired) electrons. The molecule has 2 aromatic heterocycles. The average Bonchev–Trinajstić information content (AvgIpc) is 2.90. The quantitative estimate of drug-likeness (QED) is 0.880. The molecule has 110 valence electrons. The lowest BCUT2D eigenvalue weighted by atomic mass is 10.1. The van der Waals surface area contributed by atoms with Crippen LogP contribution in [0.2, 0.25) is 0 Å². The molecule has 1 unspecified atom stereocenters. The molecule has 0 amide bonds. The highest BCUT2D eigenvalue weighted by atomic mass is 16.5. The first-order chi connectivity index (χ1) is 9.52. The van der Waals surface area contributed by atoms with Crippen LogP contribution in [0, 0.1) is 20.8 Å². The summed E-state index contributed by atoms with van der Waals surface area (Å²) in [5.74, 6) is 1.68. The Morgan fingerprint density at radius 2 is 2.15 bits per heavy atom. The number of hydrogen-bond acceptors (Lipinski definition) is 5. The second kappa shape index (κ2) is 6.09. The predicted molar refractivity (Wildman–Crippen MR) is 76.9 cm³/mol. The first kappa shape index (κ1) is 14.6. The molecule has 6 heteroatoms. The molecule has 2 rings (SSSR count). The van der Waals surface area contributed by atoms with Crippen molar-refractivity contribution in [3.05, 3.63) is 28.9 Å². The molecule has 1 N–H and O–H groups in total. The first-order valence-corrected chi connectivity index (χ1v) is 6.75. The molecule has 0 aliphatic rings. The summed E-state index contributed by atoms with van der Waals surface area (Å²) < 4.78 is 12.4. The number of methoxy groups -OCH3 is 1. The van der Waals surface area contributed by atoms with E-state index in [9.17, 15) is 0 Å². The molecular weight excluding hydrogens is 256 g/mol. The van der Waals surface area contributed by atoms with Crippen molar-refractivity contribution in [2.24, 2.45) is 0 Å². The zero-order valence-corrected chi connectivity index (χ0v) is 12.7. The second-order valence-corrected chi connectivity index (χ2v) is 5.00. The van der Waals surface area contributed by atoms with Crippen molar-refractivity contribution in [1.82, 2.24) is 14.7 Å². The Morgan fingerprint density at radius 1 is 1.40 bits per heavy atom. The Labute approximate surface area is 119 Å². The molecular formula is C14H22N4O2. The molecule has 1 atom stereocenters. The van der Waals surface area contributed by atoms with Crippen LogP contribution in [0.1, 0.15) is 35.7 Å². The third kappa shape index (κ3) is 3.01. The van der Waals surface area contributed by atoms with Gasteiger partial charge in [0.05, 0.1) is 24.0 Å². The number of anilines is 1. The highest BCUT2D eigenvalue weighted by molar-refractivity contribution is 5.36. The molecule has 0 bridgehead atoms. The van der Waals surface area contributed by atoms with Gasteiger partial charge in [-0.1, -0.05) is 5.16 Å². The lowest BCUT2D eigenvalue weighted by Gasteiger charge is -2.15. The molecule has 0 saturated heterocycles. The maximum Gasteiger partial charge on any atom is 0.203 e. The maximum absolute atomic E-state index is 5.22. The van der Waals surface area contributed by atoms with Gasteiger partial charge in [0.15, 0.2) is 0 Å². The predicted octanol–water partition coefficient (Wildman–Crippen LogP) is 2.62. The molecule has 20 heavy (non-hydrogen) atoms. The SMILES string of the molecule is COCCn1cc(C)nc1NC(C)c1c(C)noc1C. The summed E-state index contributed by atoms with van der Waals surface area (Å²) in [4.78, 5) is 4.52. The van der Waals surface area contributed by atoms with Crippen LogP contribution < -0.4 is 5.32 Å². The molecule has 0 aliphatic carbocycles. The van der Waals surface area contributed by atoms with Gasteiger partial charge in [0.2, 0.25) is 5.95 Å². The van der Waals surface area contributed by atoms with Gasteiger partial charge >= 0.3 is 0 Å². The van der Waals surface area contributed by atoms with Gasteiger partial charge in [-0.15, -0.1) is 0 Å². The van der Waals surface area contributed by atoms with Crippen molar-refractivity contribution in [3.8, 4) is 0 Å². The number of aromatic nitrogens is 3. The van der Waals surface area contributed by atoms with Crippen LogP contribution in [-0.2, 0) is 11.3 Å². The highest BCUT2D eigenvalue weighted by Gasteiger charge is 2.18. The molecule has 0 aliphatic heterocycles. The number of aryl methyl sites for hydroxylation is 3. The van der Waals surface area contributed by atoms with Crippen molar-refractivity contribution in [2.75, 3.05) is 19.0 Å². The molecule has 0 saturated carbocycles. The lowest BCUT2D eigenvalue weighted by molar-refractivity contribution is 0.187. The fourth-order valence-corrected chi connectivity index (χ4v) is 2.40. The molecule has 0 aromatic carbocycles. The third-order valence-electron chi connectivity index (χ3n) is 3.30. The highest BCUT2D eigenvalue weighted by Crippen LogP contribution is 2.24. The van der Waals surface area contributed by atoms with E-state index in [1.54, 1.807) is 7.11 Å². The van der Waals surface area contributed by atoms with E-state index in [4.69, 9.17) is 9.26 Å². The summed E-state index contributed by atoms with van der Waals surface area (Å²) in [6.07, 6.45) is 2.02. The van der Waals surface area contributed by atoms with Crippen LogP contribution in [0.15, 0.2) is 10.7 Å². The van der Waals surface area contributed by atoms with Gasteiger partial charge in [-0.25, -0.2) is 4.98 Å². The number of nitrogens with one attached hydrogen (secondary N) is 1. The van der Waals surface area contributed by atoms with Crippen LogP contribution in [0.5, 0.6) is 0 Å². The lowest BCUT2D eigenvalue weighted by Crippen LogP contribution is -2.14.